The Kier molecular flexibility index (Phi) is 21.6. The van der Waals surface area contributed by atoms with E-state index in [-0.39, 0.29) is 51.7 Å². The molecule has 12 aromatic rings. The second-order valence-electron chi connectivity index (χ2n) is 20.1. The first-order chi connectivity index (χ1) is 45.3. The summed E-state index contributed by atoms with van der Waals surface area (Å²) in [6, 6.07) is 49.7. The Hall–Kier alpha value is -9.99. The number of sulfone groups is 4. The molecule has 20 nitrogen and oxygen atoms in total. The number of hydrogen-bond donors (Lipinski definition) is 0. The number of hydrogen-bond acceptors (Lipinski definition) is 20. The van der Waals surface area contributed by atoms with Crippen LogP contribution in [0.2, 0.25) is 0 Å². The number of para-hydroxylation sites is 4. The fourth-order valence-corrected chi connectivity index (χ4v) is 14.7. The number of rotatable bonds is 16. The molecule has 4 aromatic heterocycles. The Morgan fingerprint density at radius 1 is 0.337 bits per heavy atom. The van der Waals surface area contributed by atoms with Gasteiger partial charge in [-0.25, -0.2) is 57.2 Å². The van der Waals surface area contributed by atoms with E-state index in [0.717, 1.165) is 34.3 Å². The van der Waals surface area contributed by atoms with Crippen LogP contribution < -0.4 is 41.4 Å². The molecule has 12 rings (SSSR count). The molecule has 4 heterocycles. The van der Waals surface area contributed by atoms with Gasteiger partial charge in [0.2, 0.25) is 39.3 Å². The van der Waals surface area contributed by atoms with Crippen molar-refractivity contribution in [3.05, 3.63) is 258 Å². The van der Waals surface area contributed by atoms with E-state index in [1.54, 1.807) is 122 Å². The van der Waals surface area contributed by atoms with Gasteiger partial charge < -0.3 is 36.6 Å². The number of benzene rings is 8. The van der Waals surface area contributed by atoms with Gasteiger partial charge in [0.25, 0.3) is 0 Å². The molecule has 0 radical (unpaired) electrons. The second-order valence-corrected chi connectivity index (χ2v) is 28.7. The van der Waals surface area contributed by atoms with Gasteiger partial charge in [-0.3, -0.25) is 0 Å². The van der Waals surface area contributed by atoms with Crippen molar-refractivity contribution in [1.29, 1.82) is 0 Å². The Balaban J connectivity index is 0.000000149. The minimum atomic E-state index is -4.12. The van der Waals surface area contributed by atoms with Gasteiger partial charge in [0.1, 0.15) is 5.82 Å². The molecule has 0 aliphatic heterocycles. The van der Waals surface area contributed by atoms with Crippen LogP contribution in [0, 0.1) is 12.7 Å². The highest BCUT2D eigenvalue weighted by Gasteiger charge is 2.28. The third-order valence-electron chi connectivity index (χ3n) is 13.8. The van der Waals surface area contributed by atoms with Gasteiger partial charge in [0.05, 0.1) is 46.0 Å². The first-order valence-electron chi connectivity index (χ1n) is 28.8. The molecule has 0 unspecified atom stereocenters. The Labute approximate surface area is 551 Å². The van der Waals surface area contributed by atoms with E-state index in [4.69, 9.17) is 36.6 Å². The Morgan fingerprint density at radius 3 is 0.863 bits per heavy atom. The van der Waals surface area contributed by atoms with E-state index >= 15 is 0 Å². The number of fused-ring (bicyclic) bond motifs is 4. The van der Waals surface area contributed by atoms with Crippen LogP contribution in [0.25, 0.3) is 43.9 Å². The zero-order valence-electron chi connectivity index (χ0n) is 50.9. The van der Waals surface area contributed by atoms with Crippen LogP contribution in [0.15, 0.2) is 281 Å². The van der Waals surface area contributed by atoms with E-state index < -0.39 is 77.5 Å². The highest BCUT2D eigenvalue weighted by atomic mass is 79.9. The van der Waals surface area contributed by atoms with E-state index in [2.05, 4.69) is 15.9 Å². The Morgan fingerprint density at radius 2 is 0.589 bits per heavy atom. The van der Waals surface area contributed by atoms with Crippen LogP contribution in [0.4, 0.5) is 4.39 Å². The van der Waals surface area contributed by atoms with Crippen LogP contribution in [-0.4, -0.2) is 60.1 Å². The van der Waals surface area contributed by atoms with Gasteiger partial charge in [-0.15, -0.1) is 0 Å². The van der Waals surface area contributed by atoms with Crippen LogP contribution in [0.1, 0.15) is 33.3 Å². The fraction of sp³-hybridized carbons (Fsp3) is 0.130. The van der Waals surface area contributed by atoms with Crippen molar-refractivity contribution in [3.8, 4) is 23.0 Å². The molecule has 0 saturated heterocycles. The average molecular weight is 1430 g/mol. The minimum Gasteiger partial charge on any atom is -0.490 e. The molecule has 490 valence electrons. The smallest absolute Gasteiger partial charge is 0.355 e. The lowest BCUT2D eigenvalue weighted by molar-refractivity contribution is 0.336. The summed E-state index contributed by atoms with van der Waals surface area (Å²) < 4.78 is 158. The number of halogens is 2. The second kappa shape index (κ2) is 29.5. The molecule has 26 heteroatoms. The molecule has 0 aliphatic carbocycles. The quantitative estimate of drug-likeness (QED) is 0.0641. The lowest BCUT2D eigenvalue weighted by Gasteiger charge is -2.08. The third kappa shape index (κ3) is 15.3. The van der Waals surface area contributed by atoms with Crippen molar-refractivity contribution in [2.24, 2.45) is 0 Å². The van der Waals surface area contributed by atoms with Gasteiger partial charge in [-0.2, -0.15) is 0 Å². The molecule has 0 N–H and O–H groups in total. The molecule has 0 spiro atoms. The average Bonchev–Trinajstić information content (AvgIpc) is 0.805. The van der Waals surface area contributed by atoms with Crippen molar-refractivity contribution in [2.45, 2.75) is 73.8 Å². The van der Waals surface area contributed by atoms with E-state index in [0.29, 0.717) is 71.0 Å². The summed E-state index contributed by atoms with van der Waals surface area (Å²) in [5.74, 6) is 1.01. The summed E-state index contributed by atoms with van der Waals surface area (Å²) in [5, 5.41) is 1.88. The Bertz CT molecular complexity index is 5130. The van der Waals surface area contributed by atoms with E-state index in [9.17, 15) is 57.2 Å². The zero-order chi connectivity index (χ0) is 68.4. The SMILES string of the molecule is CCOc1cccc2cc(S(=O)(=O)c3ccc(Br)cc3)c(=O)oc12.CCOc1cccc2cc(S(=O)(=O)c3ccc(C)cc3)c(=O)oc12.CCOc1cccc2cc(S(=O)(=O)c3ccc(F)cc3)c(=O)oc12.CCOc1cccc2cc(S(=O)(=O)c3ccccc3)c(=O)oc12. The van der Waals surface area contributed by atoms with E-state index in [1.807, 2.05) is 27.7 Å². The van der Waals surface area contributed by atoms with Crippen molar-refractivity contribution in [2.75, 3.05) is 26.4 Å². The molecule has 95 heavy (non-hydrogen) atoms. The molecular weight excluding hydrogens is 1380 g/mol. The van der Waals surface area contributed by atoms with Gasteiger partial charge in [0, 0.05) is 26.0 Å². The van der Waals surface area contributed by atoms with Crippen molar-refractivity contribution in [1.82, 2.24) is 0 Å². The molecule has 0 saturated carbocycles. The van der Waals surface area contributed by atoms with Gasteiger partial charge in [-0.05, 0) is 156 Å². The summed E-state index contributed by atoms with van der Waals surface area (Å²) in [5.41, 5.74) is -1.90. The lowest BCUT2D eigenvalue weighted by atomic mass is 10.2. The molecular formula is C69H56BrFO20S4. The summed E-state index contributed by atoms with van der Waals surface area (Å²) in [6.07, 6.45) is 0. The maximum absolute atomic E-state index is 13.0. The maximum atomic E-state index is 13.0. The molecule has 0 fully saturated rings. The number of aryl methyl sites for hydroxylation is 1. The standard InChI is InChI=1S/C18H16O5S.C17H13BrO5S.C17H13FO5S.C17H14O5S/c1-3-22-15-6-4-5-13-11-16(18(19)23-17(13)15)24(20,21)14-9-7-12(2)8-10-14;2*1-2-22-14-5-3-4-11-10-15(17(19)23-16(11)14)24(20,21)13-8-6-12(18)7-9-13;1-2-21-14-10-6-7-12-11-15(17(18)22-16(12)14)23(19,20)13-8-4-3-5-9-13/h4-11H,3H2,1-2H3;2*3-10H,2H2,1H3;3-11H,2H2,1H3. The predicted octanol–water partition coefficient (Wildman–Crippen LogP) is 13.3. The topological polar surface area (TPSA) is 294 Å². The molecule has 0 amide bonds. The summed E-state index contributed by atoms with van der Waals surface area (Å²) in [4.78, 5) is 47.2. The maximum Gasteiger partial charge on any atom is 0.355 e. The van der Waals surface area contributed by atoms with Gasteiger partial charge in [0.15, 0.2) is 64.9 Å². The predicted molar refractivity (Wildman–Crippen MR) is 355 cm³/mol. The van der Waals surface area contributed by atoms with Gasteiger partial charge in [-0.1, -0.05) is 100 Å². The highest BCUT2D eigenvalue weighted by Crippen LogP contribution is 2.33. The monoisotopic (exact) mass is 1430 g/mol. The van der Waals surface area contributed by atoms with Crippen LogP contribution in [-0.2, 0) is 39.3 Å². The fourth-order valence-electron chi connectivity index (χ4n) is 9.27. The van der Waals surface area contributed by atoms with Crippen LogP contribution in [0.3, 0.4) is 0 Å². The lowest BCUT2D eigenvalue weighted by Crippen LogP contribution is -2.14. The first kappa shape index (κ1) is 69.4. The van der Waals surface area contributed by atoms with Crippen LogP contribution >= 0.6 is 15.9 Å². The van der Waals surface area contributed by atoms with Crippen molar-refractivity contribution < 1.29 is 74.7 Å². The minimum absolute atomic E-state index is 0.0262. The highest BCUT2D eigenvalue weighted by molar-refractivity contribution is 9.10. The normalized spacial score (nSPS) is 11.6. The van der Waals surface area contributed by atoms with Crippen molar-refractivity contribution in [3.63, 3.8) is 0 Å². The van der Waals surface area contributed by atoms with E-state index in [1.165, 1.54) is 60.7 Å². The zero-order valence-corrected chi connectivity index (χ0v) is 55.8. The first-order valence-corrected chi connectivity index (χ1v) is 35.5. The van der Waals surface area contributed by atoms with Crippen LogP contribution in [0.5, 0.6) is 23.0 Å². The molecule has 0 atom stereocenters. The summed E-state index contributed by atoms with van der Waals surface area (Å²) in [6.45, 7) is 10.7. The van der Waals surface area contributed by atoms with Crippen molar-refractivity contribution >= 4 is 99.2 Å². The summed E-state index contributed by atoms with van der Waals surface area (Å²) in [7, 11) is -16.0. The summed E-state index contributed by atoms with van der Waals surface area (Å²) >= 11 is 3.25. The number of ether oxygens (including phenoxy) is 4. The molecule has 0 bridgehead atoms. The third-order valence-corrected chi connectivity index (χ3v) is 21.3. The molecule has 8 aromatic carbocycles. The van der Waals surface area contributed by atoms with Gasteiger partial charge >= 0.3 is 22.5 Å². The largest absolute Gasteiger partial charge is 0.490 e. The molecule has 0 aliphatic rings.